The van der Waals surface area contributed by atoms with E-state index < -0.39 is 17.4 Å². The van der Waals surface area contributed by atoms with Crippen LogP contribution in [0.4, 0.5) is 8.78 Å². The monoisotopic (exact) mass is 276 g/mol. The summed E-state index contributed by atoms with van der Waals surface area (Å²) in [5, 5.41) is 0. The molecule has 0 atom stereocenters. The van der Waals surface area contributed by atoms with Crippen molar-refractivity contribution in [3.05, 3.63) is 65.5 Å². The minimum absolute atomic E-state index is 0.00303. The highest BCUT2D eigenvalue weighted by molar-refractivity contribution is 5.97. The van der Waals surface area contributed by atoms with E-state index in [4.69, 9.17) is 0 Å². The number of likely N-dealkylation sites (N-methyl/N-ethyl adjacent to an activating group) is 1. The SMILES string of the molecule is CN(CC(=O)c1cc(F)ccc1F)Cc1ccccn1. The molecular formula is C15H14F2N2O. The smallest absolute Gasteiger partial charge is 0.179 e. The molecule has 20 heavy (non-hydrogen) atoms. The third kappa shape index (κ3) is 3.68. The van der Waals surface area contributed by atoms with Crippen molar-refractivity contribution in [1.29, 1.82) is 0 Å². The number of Topliss-reactive ketones (excluding diaryl/α,β-unsaturated/α-hetero) is 1. The summed E-state index contributed by atoms with van der Waals surface area (Å²) in [6, 6.07) is 8.36. The van der Waals surface area contributed by atoms with Gasteiger partial charge in [0.15, 0.2) is 5.78 Å². The molecule has 0 amide bonds. The summed E-state index contributed by atoms with van der Waals surface area (Å²) >= 11 is 0. The maximum atomic E-state index is 13.5. The first-order chi connectivity index (χ1) is 9.56. The Bertz CT molecular complexity index is 602. The average molecular weight is 276 g/mol. The van der Waals surface area contributed by atoms with E-state index in [9.17, 15) is 13.6 Å². The molecule has 0 aliphatic heterocycles. The zero-order valence-corrected chi connectivity index (χ0v) is 11.0. The Hall–Kier alpha value is -2.14. The molecular weight excluding hydrogens is 262 g/mol. The predicted molar refractivity (Wildman–Crippen MR) is 71.3 cm³/mol. The Labute approximate surface area is 115 Å². The average Bonchev–Trinajstić information content (AvgIpc) is 2.42. The Kier molecular flexibility index (Phi) is 4.53. The van der Waals surface area contributed by atoms with E-state index in [0.29, 0.717) is 6.54 Å². The molecule has 3 nitrogen and oxygen atoms in total. The molecule has 0 bridgehead atoms. The molecule has 1 heterocycles. The number of halogens is 2. The number of ketones is 1. The van der Waals surface area contributed by atoms with Gasteiger partial charge in [0.05, 0.1) is 17.8 Å². The molecule has 1 aromatic heterocycles. The van der Waals surface area contributed by atoms with Crippen molar-refractivity contribution in [3.63, 3.8) is 0 Å². The van der Waals surface area contributed by atoms with Gasteiger partial charge in [-0.2, -0.15) is 0 Å². The van der Waals surface area contributed by atoms with Gasteiger partial charge in [0.25, 0.3) is 0 Å². The van der Waals surface area contributed by atoms with E-state index >= 15 is 0 Å². The lowest BCUT2D eigenvalue weighted by Gasteiger charge is -2.15. The molecule has 0 aliphatic carbocycles. The van der Waals surface area contributed by atoms with Crippen LogP contribution in [0.5, 0.6) is 0 Å². The molecule has 0 saturated heterocycles. The maximum Gasteiger partial charge on any atom is 0.179 e. The van der Waals surface area contributed by atoms with E-state index in [2.05, 4.69) is 4.98 Å². The normalized spacial score (nSPS) is 10.8. The summed E-state index contributed by atoms with van der Waals surface area (Å²) in [5.74, 6) is -1.79. The van der Waals surface area contributed by atoms with Gasteiger partial charge in [-0.05, 0) is 37.4 Å². The van der Waals surface area contributed by atoms with Crippen LogP contribution in [0.2, 0.25) is 0 Å². The summed E-state index contributed by atoms with van der Waals surface area (Å²) in [4.78, 5) is 17.8. The predicted octanol–water partition coefficient (Wildman–Crippen LogP) is 2.67. The van der Waals surface area contributed by atoms with Crippen LogP contribution in [0.15, 0.2) is 42.6 Å². The number of nitrogens with zero attached hydrogens (tertiary/aromatic N) is 2. The van der Waals surface area contributed by atoms with E-state index in [1.807, 2.05) is 12.1 Å². The molecule has 1 aromatic carbocycles. The minimum atomic E-state index is -0.706. The largest absolute Gasteiger partial charge is 0.293 e. The van der Waals surface area contributed by atoms with Crippen LogP contribution in [0.25, 0.3) is 0 Å². The van der Waals surface area contributed by atoms with Crippen molar-refractivity contribution >= 4 is 5.78 Å². The van der Waals surface area contributed by atoms with Crippen molar-refractivity contribution in [3.8, 4) is 0 Å². The second kappa shape index (κ2) is 6.34. The highest BCUT2D eigenvalue weighted by Crippen LogP contribution is 2.11. The number of aromatic nitrogens is 1. The zero-order valence-electron chi connectivity index (χ0n) is 11.0. The van der Waals surface area contributed by atoms with Crippen LogP contribution in [0.3, 0.4) is 0 Å². The fourth-order valence-corrected chi connectivity index (χ4v) is 1.87. The van der Waals surface area contributed by atoms with Gasteiger partial charge in [-0.1, -0.05) is 6.07 Å². The van der Waals surface area contributed by atoms with Gasteiger partial charge in [0, 0.05) is 12.7 Å². The maximum absolute atomic E-state index is 13.5. The first-order valence-corrected chi connectivity index (χ1v) is 6.13. The zero-order chi connectivity index (χ0) is 14.5. The molecule has 0 fully saturated rings. The van der Waals surface area contributed by atoms with Crippen molar-refractivity contribution < 1.29 is 13.6 Å². The highest BCUT2D eigenvalue weighted by Gasteiger charge is 2.15. The van der Waals surface area contributed by atoms with Gasteiger partial charge in [-0.25, -0.2) is 8.78 Å². The summed E-state index contributed by atoms with van der Waals surface area (Å²) in [7, 11) is 1.73. The summed E-state index contributed by atoms with van der Waals surface area (Å²) in [5.41, 5.74) is 0.584. The van der Waals surface area contributed by atoms with Gasteiger partial charge in [0.2, 0.25) is 0 Å². The van der Waals surface area contributed by atoms with Crippen LogP contribution < -0.4 is 0 Å². The molecule has 104 valence electrons. The van der Waals surface area contributed by atoms with Crippen molar-refractivity contribution in [2.24, 2.45) is 0 Å². The molecule has 5 heteroatoms. The van der Waals surface area contributed by atoms with E-state index in [1.165, 1.54) is 0 Å². The molecule has 0 saturated carbocycles. The molecule has 0 unspecified atom stereocenters. The van der Waals surface area contributed by atoms with Crippen LogP contribution >= 0.6 is 0 Å². The standard InChI is InChI=1S/C15H14F2N2O/c1-19(9-12-4-2-3-7-18-12)10-15(20)13-8-11(16)5-6-14(13)17/h2-8H,9-10H2,1H3. The van der Waals surface area contributed by atoms with Crippen molar-refractivity contribution in [2.75, 3.05) is 13.6 Å². The summed E-state index contributed by atoms with van der Waals surface area (Å²) in [6.45, 7) is 0.459. The summed E-state index contributed by atoms with van der Waals surface area (Å²) in [6.07, 6.45) is 1.66. The second-order valence-electron chi connectivity index (χ2n) is 4.54. The Morgan fingerprint density at radius 2 is 2.05 bits per heavy atom. The molecule has 0 spiro atoms. The highest BCUT2D eigenvalue weighted by atomic mass is 19.1. The quantitative estimate of drug-likeness (QED) is 0.787. The minimum Gasteiger partial charge on any atom is -0.293 e. The number of pyridine rings is 1. The van der Waals surface area contributed by atoms with Crippen LogP contribution in [-0.4, -0.2) is 29.3 Å². The van der Waals surface area contributed by atoms with Crippen molar-refractivity contribution in [1.82, 2.24) is 9.88 Å². The van der Waals surface area contributed by atoms with E-state index in [1.54, 1.807) is 24.2 Å². The first-order valence-electron chi connectivity index (χ1n) is 6.13. The second-order valence-corrected chi connectivity index (χ2v) is 4.54. The molecule has 2 rings (SSSR count). The molecule has 2 aromatic rings. The van der Waals surface area contributed by atoms with Gasteiger partial charge in [0.1, 0.15) is 11.6 Å². The van der Waals surface area contributed by atoms with Crippen molar-refractivity contribution in [2.45, 2.75) is 6.54 Å². The lowest BCUT2D eigenvalue weighted by atomic mass is 10.1. The lowest BCUT2D eigenvalue weighted by molar-refractivity contribution is 0.0938. The van der Waals surface area contributed by atoms with Crippen LogP contribution in [0, 0.1) is 11.6 Å². The number of hydrogen-bond acceptors (Lipinski definition) is 3. The summed E-state index contributed by atoms with van der Waals surface area (Å²) < 4.78 is 26.5. The van der Waals surface area contributed by atoms with E-state index in [0.717, 1.165) is 23.9 Å². The van der Waals surface area contributed by atoms with Crippen LogP contribution in [-0.2, 0) is 6.54 Å². The molecule has 0 N–H and O–H groups in total. The Morgan fingerprint density at radius 3 is 2.75 bits per heavy atom. The molecule has 0 aliphatic rings. The van der Waals surface area contributed by atoms with Gasteiger partial charge in [-0.15, -0.1) is 0 Å². The number of benzene rings is 1. The van der Waals surface area contributed by atoms with Gasteiger partial charge < -0.3 is 0 Å². The van der Waals surface area contributed by atoms with Gasteiger partial charge >= 0.3 is 0 Å². The third-order valence-electron chi connectivity index (χ3n) is 2.80. The fourth-order valence-electron chi connectivity index (χ4n) is 1.87. The fraction of sp³-hybridized carbons (Fsp3) is 0.200. The Morgan fingerprint density at radius 1 is 1.25 bits per heavy atom. The number of carbonyl (C=O) groups is 1. The number of hydrogen-bond donors (Lipinski definition) is 0. The van der Waals surface area contributed by atoms with Gasteiger partial charge in [-0.3, -0.25) is 14.7 Å². The number of rotatable bonds is 5. The first kappa shape index (κ1) is 14.3. The molecule has 0 radical (unpaired) electrons. The number of carbonyl (C=O) groups excluding carboxylic acids is 1. The van der Waals surface area contributed by atoms with E-state index in [-0.39, 0.29) is 12.1 Å². The topological polar surface area (TPSA) is 33.2 Å². The van der Waals surface area contributed by atoms with Crippen LogP contribution in [0.1, 0.15) is 16.1 Å². The Balaban J connectivity index is 2.02. The lowest BCUT2D eigenvalue weighted by Crippen LogP contribution is -2.26. The third-order valence-corrected chi connectivity index (χ3v) is 2.80.